The van der Waals surface area contributed by atoms with Gasteiger partial charge in [-0.2, -0.15) is 0 Å². The number of fused-ring (bicyclic) bond motifs is 3. The van der Waals surface area contributed by atoms with Crippen LogP contribution in [0.5, 0.6) is 5.75 Å². The maximum Gasteiger partial charge on any atom is 0.229 e. The highest BCUT2D eigenvalue weighted by atomic mass is 16.5. The zero-order chi connectivity index (χ0) is 15.6. The molecule has 0 fully saturated rings. The third-order valence-corrected chi connectivity index (χ3v) is 4.46. The summed E-state index contributed by atoms with van der Waals surface area (Å²) in [5, 5.41) is 11.3. The van der Waals surface area contributed by atoms with E-state index in [1.807, 2.05) is 19.9 Å². The molecule has 0 spiro atoms. The topological polar surface area (TPSA) is 63.6 Å². The first-order valence-electron chi connectivity index (χ1n) is 7.21. The molecule has 1 heterocycles. The number of carbonyl (C=O) groups excluding carboxylic acids is 2. The largest absolute Gasteiger partial charge is 0.508 e. The van der Waals surface area contributed by atoms with E-state index in [-0.39, 0.29) is 29.0 Å². The zero-order valence-corrected chi connectivity index (χ0v) is 12.3. The Balaban J connectivity index is 2.09. The molecule has 22 heavy (non-hydrogen) atoms. The summed E-state index contributed by atoms with van der Waals surface area (Å²) in [6.45, 7) is 4.11. The van der Waals surface area contributed by atoms with Gasteiger partial charge in [0, 0.05) is 17.0 Å². The molecule has 0 saturated heterocycles. The number of phenolic OH excluding ortho intramolecular Hbond substituents is 1. The third-order valence-electron chi connectivity index (χ3n) is 4.46. The van der Waals surface area contributed by atoms with Gasteiger partial charge in [-0.1, -0.05) is 13.0 Å². The van der Waals surface area contributed by atoms with E-state index in [1.165, 1.54) is 6.07 Å². The second-order valence-corrected chi connectivity index (χ2v) is 5.96. The number of aromatic hydroxyl groups is 1. The number of aryl methyl sites for hydroxylation is 1. The van der Waals surface area contributed by atoms with Crippen LogP contribution in [0.1, 0.15) is 33.2 Å². The van der Waals surface area contributed by atoms with Crippen molar-refractivity contribution in [1.29, 1.82) is 0 Å². The van der Waals surface area contributed by atoms with Crippen LogP contribution in [-0.4, -0.2) is 23.3 Å². The molecule has 0 aromatic heterocycles. The van der Waals surface area contributed by atoms with Gasteiger partial charge < -0.3 is 9.84 Å². The fraction of sp³-hybridized carbons (Fsp3) is 0.222. The lowest BCUT2D eigenvalue weighted by molar-refractivity contribution is 0.0915. The van der Waals surface area contributed by atoms with Crippen molar-refractivity contribution in [1.82, 2.24) is 0 Å². The van der Waals surface area contributed by atoms with Crippen LogP contribution >= 0.6 is 0 Å². The van der Waals surface area contributed by atoms with Gasteiger partial charge in [-0.05, 0) is 41.5 Å². The number of rotatable bonds is 0. The van der Waals surface area contributed by atoms with Crippen molar-refractivity contribution in [2.75, 3.05) is 6.61 Å². The molecule has 0 bridgehead atoms. The minimum Gasteiger partial charge on any atom is -0.508 e. The Morgan fingerprint density at radius 3 is 2.68 bits per heavy atom. The van der Waals surface area contributed by atoms with Gasteiger partial charge in [-0.15, -0.1) is 0 Å². The summed E-state index contributed by atoms with van der Waals surface area (Å²) in [7, 11) is 0. The summed E-state index contributed by atoms with van der Waals surface area (Å²) in [6, 6.07) is 6.72. The predicted octanol–water partition coefficient (Wildman–Crippen LogP) is 3.15. The molecule has 0 saturated carbocycles. The quantitative estimate of drug-likeness (QED) is 0.810. The molecule has 1 unspecified atom stereocenters. The van der Waals surface area contributed by atoms with Crippen molar-refractivity contribution in [2.24, 2.45) is 5.92 Å². The summed E-state index contributed by atoms with van der Waals surface area (Å²) in [5.41, 5.74) is 2.08. The van der Waals surface area contributed by atoms with Crippen LogP contribution in [-0.2, 0) is 4.74 Å². The first-order valence-corrected chi connectivity index (χ1v) is 7.21. The summed E-state index contributed by atoms with van der Waals surface area (Å²) in [5.74, 6) is -0.208. The molecule has 2 aromatic rings. The van der Waals surface area contributed by atoms with Crippen molar-refractivity contribution < 1.29 is 19.4 Å². The number of phenols is 1. The second-order valence-electron chi connectivity index (χ2n) is 5.96. The standard InChI is InChI=1S/C18H14O4/c1-8-5-10(19)6-13-11(8)3-4-12-15(13)17(21)18-14(16(12)20)9(2)7-22-18/h3-6,9,19H,7H2,1-2H3. The molecular weight excluding hydrogens is 280 g/mol. The van der Waals surface area contributed by atoms with Gasteiger partial charge in [0.2, 0.25) is 5.78 Å². The van der Waals surface area contributed by atoms with E-state index < -0.39 is 0 Å². The van der Waals surface area contributed by atoms with Crippen LogP contribution < -0.4 is 0 Å². The van der Waals surface area contributed by atoms with E-state index in [0.29, 0.717) is 28.7 Å². The molecule has 2 aliphatic rings. The van der Waals surface area contributed by atoms with Crippen molar-refractivity contribution in [3.63, 3.8) is 0 Å². The van der Waals surface area contributed by atoms with E-state index >= 15 is 0 Å². The monoisotopic (exact) mass is 294 g/mol. The van der Waals surface area contributed by atoms with E-state index in [1.54, 1.807) is 12.1 Å². The zero-order valence-electron chi connectivity index (χ0n) is 12.3. The number of ketones is 2. The van der Waals surface area contributed by atoms with Crippen LogP contribution in [0.4, 0.5) is 0 Å². The molecule has 1 N–H and O–H groups in total. The van der Waals surface area contributed by atoms with Gasteiger partial charge in [0.15, 0.2) is 11.5 Å². The highest BCUT2D eigenvalue weighted by Gasteiger charge is 2.40. The maximum absolute atomic E-state index is 12.8. The molecule has 4 rings (SSSR count). The van der Waals surface area contributed by atoms with Gasteiger partial charge in [0.05, 0.1) is 12.2 Å². The molecule has 1 atom stereocenters. The van der Waals surface area contributed by atoms with Crippen molar-refractivity contribution in [3.05, 3.63) is 52.3 Å². The first-order chi connectivity index (χ1) is 10.5. The highest BCUT2D eigenvalue weighted by Crippen LogP contribution is 2.39. The number of ether oxygens (including phenoxy) is 1. The lowest BCUT2D eigenvalue weighted by Gasteiger charge is -2.19. The van der Waals surface area contributed by atoms with E-state index in [9.17, 15) is 14.7 Å². The van der Waals surface area contributed by atoms with E-state index in [4.69, 9.17) is 4.74 Å². The molecule has 1 aliphatic heterocycles. The molecule has 2 aromatic carbocycles. The molecule has 4 heteroatoms. The smallest absolute Gasteiger partial charge is 0.229 e. The maximum atomic E-state index is 12.8. The first kappa shape index (κ1) is 13.1. The van der Waals surface area contributed by atoms with Crippen LogP contribution in [0.3, 0.4) is 0 Å². The summed E-state index contributed by atoms with van der Waals surface area (Å²) < 4.78 is 5.46. The average Bonchev–Trinajstić information content (AvgIpc) is 2.86. The van der Waals surface area contributed by atoms with Crippen molar-refractivity contribution in [3.8, 4) is 5.75 Å². The van der Waals surface area contributed by atoms with Crippen LogP contribution in [0, 0.1) is 12.8 Å². The SMILES string of the molecule is Cc1cc(O)cc2c3c(ccc12)C(=O)C1=C(OCC1C)C3=O. The molecular formula is C18H14O4. The van der Waals surface area contributed by atoms with Gasteiger partial charge in [0.25, 0.3) is 0 Å². The van der Waals surface area contributed by atoms with Crippen molar-refractivity contribution in [2.45, 2.75) is 13.8 Å². The Hall–Kier alpha value is -2.62. The Labute approximate surface area is 127 Å². The van der Waals surface area contributed by atoms with Gasteiger partial charge in [0.1, 0.15) is 5.75 Å². The van der Waals surface area contributed by atoms with Gasteiger partial charge >= 0.3 is 0 Å². The summed E-state index contributed by atoms with van der Waals surface area (Å²) >= 11 is 0. The molecule has 0 radical (unpaired) electrons. The van der Waals surface area contributed by atoms with Crippen LogP contribution in [0.25, 0.3) is 10.8 Å². The normalized spacial score (nSPS) is 20.2. The summed E-state index contributed by atoms with van der Waals surface area (Å²) in [4.78, 5) is 25.5. The predicted molar refractivity (Wildman–Crippen MR) is 81.2 cm³/mol. The second kappa shape index (κ2) is 4.19. The van der Waals surface area contributed by atoms with E-state index in [0.717, 1.165) is 10.9 Å². The highest BCUT2D eigenvalue weighted by molar-refractivity contribution is 6.30. The average molecular weight is 294 g/mol. The Kier molecular flexibility index (Phi) is 2.49. The Morgan fingerprint density at radius 1 is 1.14 bits per heavy atom. The Morgan fingerprint density at radius 2 is 1.91 bits per heavy atom. The molecule has 110 valence electrons. The third kappa shape index (κ3) is 1.52. The number of carbonyl (C=O) groups is 2. The van der Waals surface area contributed by atoms with Crippen LogP contribution in [0.2, 0.25) is 0 Å². The fourth-order valence-electron chi connectivity index (χ4n) is 3.40. The molecule has 4 nitrogen and oxygen atoms in total. The lowest BCUT2D eigenvalue weighted by atomic mass is 9.82. The number of allylic oxidation sites excluding steroid dienone is 1. The van der Waals surface area contributed by atoms with Gasteiger partial charge in [-0.25, -0.2) is 0 Å². The minimum atomic E-state index is -0.260. The molecule has 0 amide bonds. The minimum absolute atomic E-state index is 0.0683. The lowest BCUT2D eigenvalue weighted by Crippen LogP contribution is -2.22. The van der Waals surface area contributed by atoms with Crippen molar-refractivity contribution >= 4 is 22.3 Å². The number of benzene rings is 2. The van der Waals surface area contributed by atoms with Gasteiger partial charge in [-0.3, -0.25) is 9.59 Å². The van der Waals surface area contributed by atoms with Crippen LogP contribution in [0.15, 0.2) is 35.6 Å². The number of hydrogen-bond acceptors (Lipinski definition) is 4. The Bertz CT molecular complexity index is 905. The summed E-state index contributed by atoms with van der Waals surface area (Å²) in [6.07, 6.45) is 0. The van der Waals surface area contributed by atoms with E-state index in [2.05, 4.69) is 0 Å². The number of Topliss-reactive ketones (excluding diaryl/α,β-unsaturated/α-hetero) is 2. The fourth-order valence-corrected chi connectivity index (χ4v) is 3.40. The number of hydrogen-bond donors (Lipinski definition) is 1. The molecule has 1 aliphatic carbocycles.